The van der Waals surface area contributed by atoms with Gasteiger partial charge in [-0.05, 0) is 58.7 Å². The van der Waals surface area contributed by atoms with Crippen LogP contribution in [0.15, 0.2) is 71.6 Å². The van der Waals surface area contributed by atoms with Crippen molar-refractivity contribution in [2.24, 2.45) is 11.7 Å². The number of hydrogen-bond donors (Lipinski definition) is 6. The minimum absolute atomic E-state index is 0.0215. The average molecular weight is 700 g/mol. The smallest absolute Gasteiger partial charge is 0.407 e. The maximum absolute atomic E-state index is 13.5. The molecule has 0 heterocycles. The van der Waals surface area contributed by atoms with Crippen LogP contribution in [0.5, 0.6) is 0 Å². The van der Waals surface area contributed by atoms with Crippen molar-refractivity contribution < 1.29 is 36.9 Å². The van der Waals surface area contributed by atoms with Crippen molar-refractivity contribution in [3.8, 4) is 11.1 Å². The quantitative estimate of drug-likeness (QED) is 0.0818. The minimum Gasteiger partial charge on any atom is -0.449 e. The fourth-order valence-corrected chi connectivity index (χ4v) is 6.62. The Balaban J connectivity index is 1.45. The number of amides is 5. The molecule has 0 bridgehead atoms. The van der Waals surface area contributed by atoms with E-state index in [-0.39, 0.29) is 49.0 Å². The van der Waals surface area contributed by atoms with Crippen molar-refractivity contribution in [1.29, 1.82) is 0 Å². The Morgan fingerprint density at radius 3 is 2.12 bits per heavy atom. The van der Waals surface area contributed by atoms with Crippen LogP contribution in [0.2, 0.25) is 0 Å². The van der Waals surface area contributed by atoms with Gasteiger partial charge < -0.3 is 31.7 Å². The van der Waals surface area contributed by atoms with Crippen LogP contribution in [0.25, 0.3) is 11.1 Å². The Morgan fingerprint density at radius 2 is 1.56 bits per heavy atom. The first-order chi connectivity index (χ1) is 22.8. The van der Waals surface area contributed by atoms with E-state index in [4.69, 9.17) is 22.1 Å². The van der Waals surface area contributed by atoms with Gasteiger partial charge in [-0.2, -0.15) is 8.42 Å². The molecule has 5 amide bonds. The summed E-state index contributed by atoms with van der Waals surface area (Å²) in [6, 6.07) is 16.5. The summed E-state index contributed by atoms with van der Waals surface area (Å²) in [5.74, 6) is -2.19. The van der Waals surface area contributed by atoms with Gasteiger partial charge in [0.05, 0.1) is 0 Å². The first-order valence-electron chi connectivity index (χ1n) is 15.2. The number of rotatable bonds is 14. The van der Waals surface area contributed by atoms with Crippen LogP contribution in [-0.4, -0.2) is 62.1 Å². The molecule has 0 aliphatic heterocycles. The molecule has 0 aromatic heterocycles. The summed E-state index contributed by atoms with van der Waals surface area (Å²) in [4.78, 5) is 50.5. The molecule has 0 unspecified atom stereocenters. The fraction of sp³-hybridized carbons (Fsp3) is 0.333. The molecule has 3 aromatic carbocycles. The molecule has 1 aliphatic carbocycles. The highest BCUT2D eigenvalue weighted by Gasteiger charge is 2.32. The number of fused-ring (bicyclic) bond motifs is 3. The molecule has 2 atom stereocenters. The Morgan fingerprint density at radius 1 is 0.938 bits per heavy atom. The van der Waals surface area contributed by atoms with E-state index in [1.54, 1.807) is 13.8 Å². The van der Waals surface area contributed by atoms with Crippen molar-refractivity contribution in [2.75, 3.05) is 18.5 Å². The number of alkyl carbamates (subject to hydrolysis) is 1. The van der Waals surface area contributed by atoms with Crippen LogP contribution < -0.4 is 27.0 Å². The number of ether oxygens (including phenoxy) is 1. The van der Waals surface area contributed by atoms with E-state index in [9.17, 15) is 32.1 Å². The number of hydrogen-bond acceptors (Lipinski definition) is 7. The van der Waals surface area contributed by atoms with Gasteiger partial charge in [0.25, 0.3) is 10.1 Å². The lowest BCUT2D eigenvalue weighted by Crippen LogP contribution is -2.54. The predicted octanol–water partition coefficient (Wildman–Crippen LogP) is 4.11. The van der Waals surface area contributed by atoms with Crippen molar-refractivity contribution in [2.45, 2.75) is 55.5 Å². The highest BCUT2D eigenvalue weighted by molar-refractivity contribution is 7.85. The number of carbonyl (C=O) groups excluding carboxylic acids is 4. The van der Waals surface area contributed by atoms with E-state index >= 15 is 0 Å². The summed E-state index contributed by atoms with van der Waals surface area (Å²) in [7, 11) is -4.65. The van der Waals surface area contributed by atoms with Crippen molar-refractivity contribution in [3.63, 3.8) is 0 Å². The van der Waals surface area contributed by atoms with E-state index in [0.29, 0.717) is 0 Å². The summed E-state index contributed by atoms with van der Waals surface area (Å²) < 4.78 is 38.9. The van der Waals surface area contributed by atoms with E-state index < -0.39 is 57.0 Å². The molecule has 0 saturated heterocycles. The van der Waals surface area contributed by atoms with Crippen molar-refractivity contribution in [3.05, 3.63) is 83.4 Å². The second-order valence-electron chi connectivity index (χ2n) is 11.6. The topological polar surface area (TPSA) is 206 Å². The summed E-state index contributed by atoms with van der Waals surface area (Å²) in [5.41, 5.74) is 9.48. The number of halogens is 1. The summed E-state index contributed by atoms with van der Waals surface area (Å²) in [6.07, 6.45) is -0.539. The largest absolute Gasteiger partial charge is 0.449 e. The van der Waals surface area contributed by atoms with Crippen LogP contribution in [0.4, 0.5) is 15.3 Å². The number of alkyl halides is 1. The van der Waals surface area contributed by atoms with Crippen LogP contribution >= 0.6 is 11.6 Å². The molecule has 0 radical (unpaired) electrons. The SMILES string of the molecule is CC(C)[C@H](NC(=O)OCC1c2ccccc2-c2ccccc21)C(=O)N[C@@H](CCCNC(N)=O)C(=O)Nc1ccc(CCl)c(S(=O)(=O)O)c1. The molecule has 0 fully saturated rings. The first-order valence-corrected chi connectivity index (χ1v) is 17.2. The molecule has 4 rings (SSSR count). The second kappa shape index (κ2) is 16.0. The van der Waals surface area contributed by atoms with Gasteiger partial charge in [-0.1, -0.05) is 68.4 Å². The third kappa shape index (κ3) is 9.02. The lowest BCUT2D eigenvalue weighted by molar-refractivity contribution is -0.128. The van der Waals surface area contributed by atoms with Crippen molar-refractivity contribution in [1.82, 2.24) is 16.0 Å². The molecular weight excluding hydrogens is 662 g/mol. The molecule has 0 spiro atoms. The summed E-state index contributed by atoms with van der Waals surface area (Å²) in [6.45, 7) is 3.58. The van der Waals surface area contributed by atoms with Gasteiger partial charge >= 0.3 is 12.1 Å². The number of nitrogens with one attached hydrogen (secondary N) is 4. The number of urea groups is 1. The Hall–Kier alpha value is -4.66. The minimum atomic E-state index is -4.65. The van der Waals surface area contributed by atoms with Crippen molar-refractivity contribution >= 4 is 51.3 Å². The lowest BCUT2D eigenvalue weighted by Gasteiger charge is -2.25. The van der Waals surface area contributed by atoms with E-state index in [1.165, 1.54) is 12.1 Å². The van der Waals surface area contributed by atoms with E-state index in [0.717, 1.165) is 28.3 Å². The van der Waals surface area contributed by atoms with Gasteiger partial charge in [-0.25, -0.2) is 9.59 Å². The first kappa shape index (κ1) is 36.2. The van der Waals surface area contributed by atoms with Gasteiger partial charge in [-0.15, -0.1) is 11.6 Å². The van der Waals surface area contributed by atoms with Gasteiger partial charge in [0.15, 0.2) is 0 Å². The number of carbonyl (C=O) groups is 4. The molecular formula is C33H38ClN5O8S. The monoisotopic (exact) mass is 699 g/mol. The van der Waals surface area contributed by atoms with Gasteiger partial charge in [0.1, 0.15) is 23.6 Å². The molecule has 7 N–H and O–H groups in total. The molecule has 15 heteroatoms. The average Bonchev–Trinajstić information content (AvgIpc) is 3.36. The van der Waals surface area contributed by atoms with E-state index in [2.05, 4.69) is 21.3 Å². The lowest BCUT2D eigenvalue weighted by atomic mass is 9.98. The van der Waals surface area contributed by atoms with Crippen LogP contribution in [0, 0.1) is 5.92 Å². The molecule has 0 saturated carbocycles. The number of primary amides is 1. The predicted molar refractivity (Wildman–Crippen MR) is 180 cm³/mol. The zero-order chi connectivity index (χ0) is 35.0. The molecule has 1 aliphatic rings. The second-order valence-corrected chi connectivity index (χ2v) is 13.3. The Labute approximate surface area is 283 Å². The molecule has 48 heavy (non-hydrogen) atoms. The normalized spacial score (nSPS) is 13.5. The molecule has 3 aromatic rings. The maximum atomic E-state index is 13.5. The zero-order valence-corrected chi connectivity index (χ0v) is 27.9. The zero-order valence-electron chi connectivity index (χ0n) is 26.4. The third-order valence-corrected chi connectivity index (χ3v) is 9.15. The third-order valence-electron chi connectivity index (χ3n) is 7.92. The highest BCUT2D eigenvalue weighted by Crippen LogP contribution is 2.44. The van der Waals surface area contributed by atoms with Gasteiger partial charge in [0, 0.05) is 24.0 Å². The van der Waals surface area contributed by atoms with Crippen LogP contribution in [0.3, 0.4) is 0 Å². The highest BCUT2D eigenvalue weighted by atomic mass is 35.5. The van der Waals surface area contributed by atoms with E-state index in [1.807, 2.05) is 48.5 Å². The summed E-state index contributed by atoms with van der Waals surface area (Å²) >= 11 is 5.79. The Bertz CT molecular complexity index is 1740. The number of anilines is 1. The maximum Gasteiger partial charge on any atom is 0.407 e. The number of benzene rings is 3. The standard InChI is InChI=1S/C33H38ClN5O8S/c1-19(2)29(39-33(43)47-18-26-24-10-5-3-8-22(24)23-9-4-6-11-25(23)26)31(41)38-27(12-7-15-36-32(35)42)30(40)37-21-14-13-20(17-34)28(16-21)48(44,45)46/h3-6,8-11,13-14,16,19,26-27,29H,7,12,15,17-18H2,1-2H3,(H,37,40)(H,38,41)(H,39,43)(H3,35,36,42)(H,44,45,46)/t27-,29-/m0/s1. The molecule has 13 nitrogen and oxygen atoms in total. The summed E-state index contributed by atoms with van der Waals surface area (Å²) in [5, 5.41) is 10.2. The number of nitrogens with two attached hydrogens (primary N) is 1. The molecule has 256 valence electrons. The van der Waals surface area contributed by atoms with Crippen LogP contribution in [0.1, 0.15) is 49.3 Å². The van der Waals surface area contributed by atoms with Gasteiger partial charge in [-0.3, -0.25) is 14.1 Å². The fourth-order valence-electron chi connectivity index (χ4n) is 5.56. The van der Waals surface area contributed by atoms with Gasteiger partial charge in [0.2, 0.25) is 11.8 Å². The Kier molecular flexibility index (Phi) is 12.0. The van der Waals surface area contributed by atoms with Crippen LogP contribution in [-0.2, 0) is 30.3 Å².